The highest BCUT2D eigenvalue weighted by atomic mass is 16.1. The Kier molecular flexibility index (Phi) is 5.57. The maximum atomic E-state index is 11.1. The van der Waals surface area contributed by atoms with E-state index in [1.807, 2.05) is 0 Å². The summed E-state index contributed by atoms with van der Waals surface area (Å²) in [7, 11) is 0. The summed E-state index contributed by atoms with van der Waals surface area (Å²) in [6.07, 6.45) is 5.91. The van der Waals surface area contributed by atoms with E-state index >= 15 is 0 Å². The summed E-state index contributed by atoms with van der Waals surface area (Å²) in [5.41, 5.74) is 9.79. The first-order valence-electron chi connectivity index (χ1n) is 9.42. The van der Waals surface area contributed by atoms with E-state index in [9.17, 15) is 4.79 Å². The number of fused-ring (bicyclic) bond motifs is 1. The molecule has 0 aromatic heterocycles. The van der Waals surface area contributed by atoms with Crippen molar-refractivity contribution in [1.82, 2.24) is 10.2 Å². The van der Waals surface area contributed by atoms with Gasteiger partial charge in [-0.1, -0.05) is 32.0 Å². The Morgan fingerprint density at radius 3 is 2.71 bits per heavy atom. The molecule has 4 nitrogen and oxygen atoms in total. The summed E-state index contributed by atoms with van der Waals surface area (Å²) in [5, 5.41) is 3.91. The third-order valence-electron chi connectivity index (χ3n) is 5.55. The average Bonchev–Trinajstić information content (AvgIpc) is 2.56. The van der Waals surface area contributed by atoms with Gasteiger partial charge in [0.15, 0.2) is 0 Å². The van der Waals surface area contributed by atoms with E-state index in [1.165, 1.54) is 36.0 Å². The van der Waals surface area contributed by atoms with Gasteiger partial charge in [0.2, 0.25) is 5.91 Å². The van der Waals surface area contributed by atoms with Gasteiger partial charge in [0.05, 0.1) is 6.54 Å². The van der Waals surface area contributed by atoms with Gasteiger partial charge < -0.3 is 11.1 Å². The van der Waals surface area contributed by atoms with Crippen molar-refractivity contribution in [2.75, 3.05) is 19.6 Å². The van der Waals surface area contributed by atoms with Crippen molar-refractivity contribution in [2.24, 2.45) is 5.73 Å². The molecule has 1 heterocycles. The fourth-order valence-electron chi connectivity index (χ4n) is 4.11. The molecule has 1 atom stereocenters. The zero-order chi connectivity index (χ0) is 17.1. The number of likely N-dealkylation sites (tertiary alicyclic amines) is 1. The molecule has 0 unspecified atom stereocenters. The number of carbonyl (C=O) groups excluding carboxylic acids is 1. The first kappa shape index (κ1) is 17.4. The zero-order valence-electron chi connectivity index (χ0n) is 15.1. The molecule has 2 aliphatic rings. The molecule has 0 saturated carbocycles. The molecule has 1 aromatic rings. The van der Waals surface area contributed by atoms with Crippen LogP contribution in [-0.2, 0) is 11.2 Å². The number of hydrogen-bond acceptors (Lipinski definition) is 3. The lowest BCUT2D eigenvalue weighted by atomic mass is 9.84. The van der Waals surface area contributed by atoms with Crippen LogP contribution < -0.4 is 11.1 Å². The number of piperidine rings is 1. The van der Waals surface area contributed by atoms with Crippen molar-refractivity contribution < 1.29 is 4.79 Å². The Morgan fingerprint density at radius 2 is 2.04 bits per heavy atom. The first-order chi connectivity index (χ1) is 11.5. The summed E-state index contributed by atoms with van der Waals surface area (Å²) < 4.78 is 0. The molecule has 132 valence electrons. The molecule has 3 rings (SSSR count). The summed E-state index contributed by atoms with van der Waals surface area (Å²) in [6.45, 7) is 6.86. The smallest absolute Gasteiger partial charge is 0.231 e. The normalized spacial score (nSPS) is 22.5. The lowest BCUT2D eigenvalue weighted by Crippen LogP contribution is -2.46. The topological polar surface area (TPSA) is 58.4 Å². The molecule has 0 bridgehead atoms. The highest BCUT2D eigenvalue weighted by Gasteiger charge is 2.26. The van der Waals surface area contributed by atoms with Gasteiger partial charge >= 0.3 is 0 Å². The molecule has 1 fully saturated rings. The van der Waals surface area contributed by atoms with Crippen molar-refractivity contribution in [3.63, 3.8) is 0 Å². The minimum Gasteiger partial charge on any atom is -0.369 e. The maximum Gasteiger partial charge on any atom is 0.231 e. The first-order valence-corrected chi connectivity index (χ1v) is 9.42. The average molecular weight is 329 g/mol. The third kappa shape index (κ3) is 4.17. The Balaban J connectivity index is 1.63. The van der Waals surface area contributed by atoms with E-state index < -0.39 is 0 Å². The van der Waals surface area contributed by atoms with Crippen molar-refractivity contribution in [1.29, 1.82) is 0 Å². The van der Waals surface area contributed by atoms with Crippen LogP contribution in [0.1, 0.15) is 68.2 Å². The summed E-state index contributed by atoms with van der Waals surface area (Å²) in [6, 6.07) is 8.11. The van der Waals surface area contributed by atoms with E-state index in [0.29, 0.717) is 24.5 Å². The molecule has 4 heteroatoms. The predicted molar refractivity (Wildman–Crippen MR) is 98.0 cm³/mol. The van der Waals surface area contributed by atoms with Gasteiger partial charge in [-0.05, 0) is 54.7 Å². The lowest BCUT2D eigenvalue weighted by molar-refractivity contribution is -0.119. The van der Waals surface area contributed by atoms with Crippen LogP contribution in [-0.4, -0.2) is 36.5 Å². The number of hydrogen-bond donors (Lipinski definition) is 2. The van der Waals surface area contributed by atoms with Crippen molar-refractivity contribution in [3.05, 3.63) is 34.9 Å². The predicted octanol–water partition coefficient (Wildman–Crippen LogP) is 2.73. The summed E-state index contributed by atoms with van der Waals surface area (Å²) in [4.78, 5) is 13.2. The molecule has 1 aliphatic carbocycles. The highest BCUT2D eigenvalue weighted by Crippen LogP contribution is 2.33. The fraction of sp³-hybridized carbons (Fsp3) is 0.650. The molecule has 1 aromatic carbocycles. The van der Waals surface area contributed by atoms with E-state index in [1.54, 1.807) is 0 Å². The van der Waals surface area contributed by atoms with Gasteiger partial charge in [-0.3, -0.25) is 9.69 Å². The maximum absolute atomic E-state index is 11.1. The highest BCUT2D eigenvalue weighted by molar-refractivity contribution is 5.75. The van der Waals surface area contributed by atoms with Gasteiger partial charge in [-0.2, -0.15) is 0 Å². The van der Waals surface area contributed by atoms with Crippen LogP contribution in [0.15, 0.2) is 18.2 Å². The quantitative estimate of drug-likeness (QED) is 0.873. The number of benzene rings is 1. The zero-order valence-corrected chi connectivity index (χ0v) is 15.1. The van der Waals surface area contributed by atoms with Gasteiger partial charge in [0, 0.05) is 25.2 Å². The number of nitrogens with one attached hydrogen (secondary N) is 1. The number of nitrogens with zero attached hydrogens (tertiary/aromatic N) is 1. The van der Waals surface area contributed by atoms with Crippen LogP contribution in [0, 0.1) is 0 Å². The van der Waals surface area contributed by atoms with E-state index in [0.717, 1.165) is 25.9 Å². The van der Waals surface area contributed by atoms with E-state index in [2.05, 4.69) is 42.3 Å². The van der Waals surface area contributed by atoms with Gasteiger partial charge in [-0.15, -0.1) is 0 Å². The van der Waals surface area contributed by atoms with Gasteiger partial charge in [-0.25, -0.2) is 0 Å². The van der Waals surface area contributed by atoms with Crippen LogP contribution >= 0.6 is 0 Å². The SMILES string of the molecule is CC(C)c1ccc2c(c1)[C@H](NC1CCN(CC(N)=O)CC1)CCC2. The fourth-order valence-corrected chi connectivity index (χ4v) is 4.11. The van der Waals surface area contributed by atoms with Gasteiger partial charge in [0.1, 0.15) is 0 Å². The third-order valence-corrected chi connectivity index (χ3v) is 5.55. The molecule has 24 heavy (non-hydrogen) atoms. The Labute approximate surface area is 145 Å². The monoisotopic (exact) mass is 329 g/mol. The van der Waals surface area contributed by atoms with Crippen molar-refractivity contribution in [2.45, 2.75) is 64.0 Å². The molecule has 1 aliphatic heterocycles. The molecular formula is C20H31N3O. The second kappa shape index (κ2) is 7.66. The number of nitrogens with two attached hydrogens (primary N) is 1. The second-order valence-electron chi connectivity index (χ2n) is 7.74. The summed E-state index contributed by atoms with van der Waals surface area (Å²) >= 11 is 0. The van der Waals surface area contributed by atoms with Crippen LogP contribution in [0.2, 0.25) is 0 Å². The number of amides is 1. The molecule has 0 spiro atoms. The van der Waals surface area contributed by atoms with Crippen molar-refractivity contribution >= 4 is 5.91 Å². The molecule has 3 N–H and O–H groups in total. The van der Waals surface area contributed by atoms with Crippen LogP contribution in [0.3, 0.4) is 0 Å². The Morgan fingerprint density at radius 1 is 1.29 bits per heavy atom. The molecule has 0 radical (unpaired) electrons. The van der Waals surface area contributed by atoms with Crippen molar-refractivity contribution in [3.8, 4) is 0 Å². The van der Waals surface area contributed by atoms with Crippen LogP contribution in [0.4, 0.5) is 0 Å². The van der Waals surface area contributed by atoms with Crippen LogP contribution in [0.5, 0.6) is 0 Å². The van der Waals surface area contributed by atoms with E-state index in [-0.39, 0.29) is 5.91 Å². The standard InChI is InChI=1S/C20H31N3O/c1-14(2)16-7-6-15-4-3-5-19(18(15)12-16)22-17-8-10-23(11-9-17)13-20(21)24/h6-7,12,14,17,19,22H,3-5,8-11,13H2,1-2H3,(H2,21,24)/t19-/m1/s1. The Hall–Kier alpha value is -1.39. The number of carbonyl (C=O) groups is 1. The summed E-state index contributed by atoms with van der Waals surface area (Å²) in [5.74, 6) is 0.360. The Bertz CT molecular complexity index is 576. The van der Waals surface area contributed by atoms with E-state index in [4.69, 9.17) is 5.73 Å². The molecular weight excluding hydrogens is 298 g/mol. The number of primary amides is 1. The molecule has 1 amide bonds. The number of aryl methyl sites for hydroxylation is 1. The minimum atomic E-state index is -0.219. The van der Waals surface area contributed by atoms with Crippen LogP contribution in [0.25, 0.3) is 0 Å². The second-order valence-corrected chi connectivity index (χ2v) is 7.74. The number of rotatable bonds is 5. The largest absolute Gasteiger partial charge is 0.369 e. The molecule has 1 saturated heterocycles. The minimum absolute atomic E-state index is 0.219. The van der Waals surface area contributed by atoms with Gasteiger partial charge in [0.25, 0.3) is 0 Å². The lowest BCUT2D eigenvalue weighted by Gasteiger charge is -2.36.